The Morgan fingerprint density at radius 3 is 2.74 bits per heavy atom. The van der Waals surface area contributed by atoms with E-state index in [1.54, 1.807) is 0 Å². The maximum atomic E-state index is 11.8. The van der Waals surface area contributed by atoms with Gasteiger partial charge >= 0.3 is 0 Å². The normalized spacial score (nSPS) is 19.7. The zero-order valence-corrected chi connectivity index (χ0v) is 12.2. The molecule has 7 heteroatoms. The molecule has 1 saturated heterocycles. The number of nitrogens with one attached hydrogen (secondary N) is 1. The van der Waals surface area contributed by atoms with Crippen LogP contribution < -0.4 is 10.5 Å². The Kier molecular flexibility index (Phi) is 5.09. The fourth-order valence-corrected chi connectivity index (χ4v) is 4.36. The average Bonchev–Trinajstić information content (AvgIpc) is 2.83. The topological polar surface area (TPSA) is 81.4 Å². The van der Waals surface area contributed by atoms with Crippen LogP contribution >= 0.6 is 11.8 Å². The Hall–Kier alpha value is -0.760. The maximum Gasteiger partial charge on any atom is 0.212 e. The summed E-state index contributed by atoms with van der Waals surface area (Å²) < 4.78 is 31.5. The van der Waals surface area contributed by atoms with Gasteiger partial charge in [-0.15, -0.1) is 11.8 Å². The minimum atomic E-state index is -3.22. The van der Waals surface area contributed by atoms with Crippen molar-refractivity contribution in [2.75, 3.05) is 30.5 Å². The summed E-state index contributed by atoms with van der Waals surface area (Å²) in [6, 6.07) is 7.34. The third-order valence-electron chi connectivity index (χ3n) is 2.78. The molecule has 0 aliphatic carbocycles. The Bertz CT molecular complexity index is 496. The molecule has 106 valence electrons. The standard InChI is InChI=1S/C12H18N2O3S2/c13-10-1-3-12(4-2-10)18-7-8-19(15,16)14-11-5-6-17-9-11/h1-4,11,14H,5-9,13H2. The molecule has 1 fully saturated rings. The molecule has 5 nitrogen and oxygen atoms in total. The van der Waals surface area contributed by atoms with E-state index >= 15 is 0 Å². The van der Waals surface area contributed by atoms with E-state index in [0.29, 0.717) is 24.7 Å². The fraction of sp³-hybridized carbons (Fsp3) is 0.500. The Balaban J connectivity index is 1.76. The molecule has 1 atom stereocenters. The molecule has 1 aliphatic heterocycles. The number of anilines is 1. The highest BCUT2D eigenvalue weighted by molar-refractivity contribution is 8.00. The Morgan fingerprint density at radius 2 is 2.11 bits per heavy atom. The maximum absolute atomic E-state index is 11.8. The van der Waals surface area contributed by atoms with Gasteiger partial charge in [-0.05, 0) is 30.7 Å². The summed E-state index contributed by atoms with van der Waals surface area (Å²) >= 11 is 1.51. The van der Waals surface area contributed by atoms with Crippen molar-refractivity contribution in [3.8, 4) is 0 Å². The zero-order chi connectivity index (χ0) is 13.7. The highest BCUT2D eigenvalue weighted by atomic mass is 32.2. The molecule has 0 amide bonds. The molecule has 0 saturated carbocycles. The van der Waals surface area contributed by atoms with Crippen molar-refractivity contribution in [2.45, 2.75) is 17.4 Å². The Morgan fingerprint density at radius 1 is 1.37 bits per heavy atom. The summed E-state index contributed by atoms with van der Waals surface area (Å²) in [5, 5.41) is 0. The second-order valence-electron chi connectivity index (χ2n) is 4.41. The van der Waals surface area contributed by atoms with Gasteiger partial charge in [-0.25, -0.2) is 13.1 Å². The molecule has 0 bridgehead atoms. The van der Waals surface area contributed by atoms with Gasteiger partial charge in [-0.2, -0.15) is 0 Å². The molecule has 3 N–H and O–H groups in total. The lowest BCUT2D eigenvalue weighted by atomic mass is 10.3. The summed E-state index contributed by atoms with van der Waals surface area (Å²) in [4.78, 5) is 1.02. The van der Waals surface area contributed by atoms with Gasteiger partial charge in [-0.1, -0.05) is 0 Å². The summed E-state index contributed by atoms with van der Waals surface area (Å²) in [5.41, 5.74) is 6.30. The lowest BCUT2D eigenvalue weighted by molar-refractivity contribution is 0.192. The first kappa shape index (κ1) is 14.6. The van der Waals surface area contributed by atoms with E-state index in [2.05, 4.69) is 4.72 Å². The van der Waals surface area contributed by atoms with Crippen molar-refractivity contribution >= 4 is 27.5 Å². The number of ether oxygens (including phenoxy) is 1. The van der Waals surface area contributed by atoms with Crippen molar-refractivity contribution in [1.82, 2.24) is 4.72 Å². The second-order valence-corrected chi connectivity index (χ2v) is 7.46. The van der Waals surface area contributed by atoms with E-state index in [1.807, 2.05) is 24.3 Å². The van der Waals surface area contributed by atoms with Gasteiger partial charge in [0, 0.05) is 29.0 Å². The van der Waals surface area contributed by atoms with Gasteiger partial charge in [0.1, 0.15) is 0 Å². The second kappa shape index (κ2) is 6.60. The molecule has 1 unspecified atom stereocenters. The van der Waals surface area contributed by atoms with E-state index in [9.17, 15) is 8.42 Å². The molecule has 1 heterocycles. The monoisotopic (exact) mass is 302 g/mol. The van der Waals surface area contributed by atoms with Gasteiger partial charge in [0.05, 0.1) is 12.4 Å². The van der Waals surface area contributed by atoms with Gasteiger partial charge in [0.25, 0.3) is 0 Å². The van der Waals surface area contributed by atoms with Gasteiger partial charge in [-0.3, -0.25) is 0 Å². The molecular weight excluding hydrogens is 284 g/mol. The van der Waals surface area contributed by atoms with E-state index in [4.69, 9.17) is 10.5 Å². The molecule has 1 aromatic rings. The van der Waals surface area contributed by atoms with Crippen molar-refractivity contribution < 1.29 is 13.2 Å². The first-order chi connectivity index (χ1) is 9.05. The predicted molar refractivity (Wildman–Crippen MR) is 77.7 cm³/mol. The van der Waals surface area contributed by atoms with Crippen LogP contribution in [-0.4, -0.2) is 39.2 Å². The van der Waals surface area contributed by atoms with Crippen LogP contribution in [0.4, 0.5) is 5.69 Å². The SMILES string of the molecule is Nc1ccc(SCCS(=O)(=O)NC2CCOC2)cc1. The number of rotatable bonds is 6. The number of sulfonamides is 1. The van der Waals surface area contributed by atoms with Crippen LogP contribution in [-0.2, 0) is 14.8 Å². The van der Waals surface area contributed by atoms with E-state index < -0.39 is 10.0 Å². The third-order valence-corrected chi connectivity index (χ3v) is 5.48. The third kappa shape index (κ3) is 5.02. The molecule has 0 aromatic heterocycles. The number of thioether (sulfide) groups is 1. The molecule has 1 aliphatic rings. The minimum absolute atomic E-state index is 0.0634. The van der Waals surface area contributed by atoms with E-state index in [-0.39, 0.29) is 11.8 Å². The fourth-order valence-electron chi connectivity index (χ4n) is 1.77. The predicted octanol–water partition coefficient (Wildman–Crippen LogP) is 1.07. The molecule has 0 spiro atoms. The van der Waals surface area contributed by atoms with Crippen LogP contribution in [0.1, 0.15) is 6.42 Å². The average molecular weight is 302 g/mol. The van der Waals surface area contributed by atoms with Crippen LogP contribution in [0.2, 0.25) is 0 Å². The first-order valence-electron chi connectivity index (χ1n) is 6.11. The summed E-state index contributed by atoms with van der Waals surface area (Å²) in [7, 11) is -3.22. The Labute approximate surface area is 118 Å². The van der Waals surface area contributed by atoms with Crippen molar-refractivity contribution in [1.29, 1.82) is 0 Å². The summed E-state index contributed by atoms with van der Waals surface area (Å²) in [6.07, 6.45) is 0.754. The van der Waals surface area contributed by atoms with Crippen molar-refractivity contribution in [3.63, 3.8) is 0 Å². The van der Waals surface area contributed by atoms with Gasteiger partial charge < -0.3 is 10.5 Å². The van der Waals surface area contributed by atoms with Crippen LogP contribution in [0, 0.1) is 0 Å². The highest BCUT2D eigenvalue weighted by Gasteiger charge is 2.21. The number of nitrogen functional groups attached to an aromatic ring is 1. The van der Waals surface area contributed by atoms with Gasteiger partial charge in [0.15, 0.2) is 0 Å². The molecule has 1 aromatic carbocycles. The number of benzene rings is 1. The van der Waals surface area contributed by atoms with Crippen LogP contribution in [0.3, 0.4) is 0 Å². The van der Waals surface area contributed by atoms with Crippen LogP contribution in [0.15, 0.2) is 29.2 Å². The first-order valence-corrected chi connectivity index (χ1v) is 8.75. The quantitative estimate of drug-likeness (QED) is 0.607. The van der Waals surface area contributed by atoms with Crippen LogP contribution in [0.25, 0.3) is 0 Å². The smallest absolute Gasteiger partial charge is 0.212 e. The van der Waals surface area contributed by atoms with Crippen molar-refractivity contribution in [3.05, 3.63) is 24.3 Å². The molecule has 0 radical (unpaired) electrons. The molecular formula is C12H18N2O3S2. The van der Waals surface area contributed by atoms with Crippen molar-refractivity contribution in [2.24, 2.45) is 0 Å². The number of hydrogen-bond donors (Lipinski definition) is 2. The molecule has 2 rings (SSSR count). The van der Waals surface area contributed by atoms with E-state index in [1.165, 1.54) is 11.8 Å². The van der Waals surface area contributed by atoms with Crippen LogP contribution in [0.5, 0.6) is 0 Å². The lowest BCUT2D eigenvalue weighted by Gasteiger charge is -2.11. The summed E-state index contributed by atoms with van der Waals surface area (Å²) in [6.45, 7) is 1.11. The number of nitrogens with two attached hydrogens (primary N) is 1. The highest BCUT2D eigenvalue weighted by Crippen LogP contribution is 2.19. The zero-order valence-electron chi connectivity index (χ0n) is 10.5. The van der Waals surface area contributed by atoms with Gasteiger partial charge in [0.2, 0.25) is 10.0 Å². The molecule has 19 heavy (non-hydrogen) atoms. The largest absolute Gasteiger partial charge is 0.399 e. The van der Waals surface area contributed by atoms with E-state index in [0.717, 1.165) is 11.3 Å². The number of hydrogen-bond acceptors (Lipinski definition) is 5. The summed E-state index contributed by atoms with van der Waals surface area (Å²) in [5.74, 6) is 0.630. The minimum Gasteiger partial charge on any atom is -0.399 e. The lowest BCUT2D eigenvalue weighted by Crippen LogP contribution is -2.37.